The molecule has 2 saturated heterocycles. The minimum absolute atomic E-state index is 0.116. The van der Waals surface area contributed by atoms with Gasteiger partial charge in [-0.3, -0.25) is 4.79 Å². The summed E-state index contributed by atoms with van der Waals surface area (Å²) in [7, 11) is 0. The van der Waals surface area contributed by atoms with Crippen LogP contribution < -0.4 is 4.74 Å². The van der Waals surface area contributed by atoms with Crippen molar-refractivity contribution in [2.75, 3.05) is 26.2 Å². The number of para-hydroxylation sites is 1. The van der Waals surface area contributed by atoms with E-state index < -0.39 is 0 Å². The number of nitrogens with zero attached hydrogens (tertiary/aromatic N) is 3. The summed E-state index contributed by atoms with van der Waals surface area (Å²) in [5, 5.41) is 0.820. The molecule has 3 aliphatic heterocycles. The molecule has 178 valence electrons. The van der Waals surface area contributed by atoms with Crippen LogP contribution >= 0.6 is 11.3 Å². The summed E-state index contributed by atoms with van der Waals surface area (Å²) in [6.45, 7) is 10.1. The zero-order valence-corrected chi connectivity index (χ0v) is 20.8. The lowest BCUT2D eigenvalue weighted by molar-refractivity contribution is 0.0593. The first-order valence-corrected chi connectivity index (χ1v) is 13.2. The first-order valence-electron chi connectivity index (χ1n) is 12.4. The summed E-state index contributed by atoms with van der Waals surface area (Å²) in [5.74, 6) is 1.48. The van der Waals surface area contributed by atoms with E-state index in [4.69, 9.17) is 9.72 Å². The van der Waals surface area contributed by atoms with Gasteiger partial charge in [-0.25, -0.2) is 4.98 Å². The topological polar surface area (TPSA) is 45.7 Å². The van der Waals surface area contributed by atoms with Gasteiger partial charge in [0.05, 0.1) is 11.3 Å². The first kappa shape index (κ1) is 23.1. The average molecular weight is 476 g/mol. The SMILES string of the molecule is C=C1/C=C\C=C/Cc2cccc(-c3nc(C)c(C(=O)N4CCC(N5CCCCC5)CC4)s3)c2O1. The number of hydrogen-bond donors (Lipinski definition) is 0. The molecule has 0 N–H and O–H groups in total. The van der Waals surface area contributed by atoms with Crippen molar-refractivity contribution in [1.29, 1.82) is 0 Å². The molecule has 2 aromatic rings. The van der Waals surface area contributed by atoms with Crippen molar-refractivity contribution >= 4 is 17.2 Å². The third-order valence-corrected chi connectivity index (χ3v) is 8.26. The lowest BCUT2D eigenvalue weighted by Crippen LogP contribution is -2.48. The van der Waals surface area contributed by atoms with Crippen LogP contribution in [0.1, 0.15) is 53.0 Å². The Bertz CT molecular complexity index is 1120. The summed E-state index contributed by atoms with van der Waals surface area (Å²) in [4.78, 5) is 23.7. The molecule has 0 aliphatic carbocycles. The van der Waals surface area contributed by atoms with Gasteiger partial charge in [0, 0.05) is 19.1 Å². The zero-order chi connectivity index (χ0) is 23.5. The molecule has 5 nitrogen and oxygen atoms in total. The minimum Gasteiger partial charge on any atom is -0.457 e. The van der Waals surface area contributed by atoms with E-state index in [1.54, 1.807) is 0 Å². The first-order chi connectivity index (χ1) is 16.6. The zero-order valence-electron chi connectivity index (χ0n) is 20.0. The third kappa shape index (κ3) is 4.89. The number of allylic oxidation sites excluding steroid dienone is 4. The summed E-state index contributed by atoms with van der Waals surface area (Å²) in [6, 6.07) is 6.75. The second kappa shape index (κ2) is 10.3. The highest BCUT2D eigenvalue weighted by atomic mass is 32.1. The van der Waals surface area contributed by atoms with Gasteiger partial charge in [0.15, 0.2) is 0 Å². The molecule has 34 heavy (non-hydrogen) atoms. The lowest BCUT2D eigenvalue weighted by Gasteiger charge is -2.40. The molecule has 0 unspecified atom stereocenters. The van der Waals surface area contributed by atoms with E-state index in [-0.39, 0.29) is 5.91 Å². The Morgan fingerprint density at radius 1 is 1.12 bits per heavy atom. The minimum atomic E-state index is 0.116. The number of fused-ring (bicyclic) bond motifs is 1. The van der Waals surface area contributed by atoms with Crippen LogP contribution in [-0.2, 0) is 6.42 Å². The number of aromatic nitrogens is 1. The van der Waals surface area contributed by atoms with Crippen LogP contribution in [0.3, 0.4) is 0 Å². The van der Waals surface area contributed by atoms with Gasteiger partial charge in [-0.1, -0.05) is 43.4 Å². The van der Waals surface area contributed by atoms with Crippen LogP contribution in [0.5, 0.6) is 5.75 Å². The van der Waals surface area contributed by atoms with Gasteiger partial charge in [-0.2, -0.15) is 0 Å². The molecule has 0 spiro atoms. The molecule has 0 bridgehead atoms. The van der Waals surface area contributed by atoms with Crippen molar-refractivity contribution < 1.29 is 9.53 Å². The highest BCUT2D eigenvalue weighted by Crippen LogP contribution is 2.39. The van der Waals surface area contributed by atoms with Crippen LogP contribution in [-0.4, -0.2) is 52.9 Å². The summed E-state index contributed by atoms with van der Waals surface area (Å²) >= 11 is 1.48. The molecule has 5 rings (SSSR count). The molecule has 2 fully saturated rings. The predicted octanol–water partition coefficient (Wildman–Crippen LogP) is 5.77. The maximum Gasteiger partial charge on any atom is 0.265 e. The molecule has 3 aliphatic rings. The molecule has 0 radical (unpaired) electrons. The molecular weight excluding hydrogens is 442 g/mol. The van der Waals surface area contributed by atoms with Crippen molar-refractivity contribution in [3.05, 3.63) is 71.0 Å². The number of aryl methyl sites for hydroxylation is 1. The number of likely N-dealkylation sites (tertiary alicyclic amines) is 2. The van der Waals surface area contributed by atoms with E-state index in [1.807, 2.05) is 42.2 Å². The van der Waals surface area contributed by atoms with Crippen molar-refractivity contribution in [1.82, 2.24) is 14.8 Å². The maximum absolute atomic E-state index is 13.5. The average Bonchev–Trinajstić information content (AvgIpc) is 3.29. The summed E-state index contributed by atoms with van der Waals surface area (Å²) in [6.07, 6.45) is 14.8. The van der Waals surface area contributed by atoms with Crippen LogP contribution in [0.25, 0.3) is 10.6 Å². The number of carbonyl (C=O) groups excluding carboxylic acids is 1. The maximum atomic E-state index is 13.5. The predicted molar refractivity (Wildman–Crippen MR) is 138 cm³/mol. The van der Waals surface area contributed by atoms with E-state index in [2.05, 4.69) is 23.6 Å². The number of thiazole rings is 1. The smallest absolute Gasteiger partial charge is 0.265 e. The van der Waals surface area contributed by atoms with Crippen LogP contribution in [0.2, 0.25) is 0 Å². The van der Waals surface area contributed by atoms with Gasteiger partial charge in [0.2, 0.25) is 0 Å². The Labute approximate surface area is 206 Å². The molecule has 1 aromatic carbocycles. The number of amides is 1. The molecule has 6 heteroatoms. The Balaban J connectivity index is 1.34. The van der Waals surface area contributed by atoms with Gasteiger partial charge < -0.3 is 14.5 Å². The van der Waals surface area contributed by atoms with Gasteiger partial charge in [0.1, 0.15) is 21.4 Å². The van der Waals surface area contributed by atoms with E-state index in [0.717, 1.165) is 64.8 Å². The molecule has 4 heterocycles. The van der Waals surface area contributed by atoms with Crippen molar-refractivity contribution in [2.45, 2.75) is 51.5 Å². The molecule has 0 saturated carbocycles. The van der Waals surface area contributed by atoms with E-state index in [9.17, 15) is 4.79 Å². The molecule has 1 aromatic heterocycles. The number of hydrogen-bond acceptors (Lipinski definition) is 5. The second-order valence-electron chi connectivity index (χ2n) is 9.41. The Morgan fingerprint density at radius 3 is 2.71 bits per heavy atom. The van der Waals surface area contributed by atoms with Crippen LogP contribution in [0, 0.1) is 6.92 Å². The Morgan fingerprint density at radius 2 is 1.91 bits per heavy atom. The van der Waals surface area contributed by atoms with Crippen molar-refractivity contribution in [2.24, 2.45) is 0 Å². The van der Waals surface area contributed by atoms with Gasteiger partial charge >= 0.3 is 0 Å². The van der Waals surface area contributed by atoms with Crippen LogP contribution in [0.4, 0.5) is 0 Å². The fourth-order valence-corrected chi connectivity index (χ4v) is 6.26. The molecular formula is C28H33N3O2S. The monoisotopic (exact) mass is 475 g/mol. The Kier molecular flexibility index (Phi) is 6.97. The molecule has 0 atom stereocenters. The van der Waals surface area contributed by atoms with E-state index in [1.165, 1.54) is 43.7 Å². The van der Waals surface area contributed by atoms with Gasteiger partial charge in [-0.15, -0.1) is 11.3 Å². The third-order valence-electron chi connectivity index (χ3n) is 7.08. The number of ether oxygens (including phenoxy) is 1. The summed E-state index contributed by atoms with van der Waals surface area (Å²) in [5.41, 5.74) is 2.79. The largest absolute Gasteiger partial charge is 0.457 e. The van der Waals surface area contributed by atoms with Crippen molar-refractivity contribution in [3.63, 3.8) is 0 Å². The highest BCUT2D eigenvalue weighted by molar-refractivity contribution is 7.17. The number of benzene rings is 1. The lowest BCUT2D eigenvalue weighted by atomic mass is 10.00. The fraction of sp³-hybridized carbons (Fsp3) is 0.429. The van der Waals surface area contributed by atoms with E-state index in [0.29, 0.717) is 11.8 Å². The van der Waals surface area contributed by atoms with Crippen LogP contribution in [0.15, 0.2) is 54.8 Å². The highest BCUT2D eigenvalue weighted by Gasteiger charge is 2.30. The number of rotatable bonds is 3. The number of piperidine rings is 2. The fourth-order valence-electron chi connectivity index (χ4n) is 5.21. The second-order valence-corrected chi connectivity index (χ2v) is 10.4. The van der Waals surface area contributed by atoms with E-state index >= 15 is 0 Å². The quantitative estimate of drug-likeness (QED) is 0.565. The summed E-state index contributed by atoms with van der Waals surface area (Å²) < 4.78 is 6.14. The van der Waals surface area contributed by atoms with Gasteiger partial charge in [-0.05, 0) is 69.8 Å². The van der Waals surface area contributed by atoms with Crippen molar-refractivity contribution in [3.8, 4) is 16.3 Å². The number of carbonyl (C=O) groups is 1. The van der Waals surface area contributed by atoms with Gasteiger partial charge in [0.25, 0.3) is 5.91 Å². The molecule has 1 amide bonds. The Hall–Kier alpha value is -2.70. The standard InChI is InChI=1S/C28H33N3O2S/c1-20-10-5-3-6-11-22-12-9-13-24(25(22)33-20)27-29-21(2)26(34-27)28(32)31-18-14-23(15-19-31)30-16-7-4-8-17-30/h3,5-6,9-10,12-13,23H,1,4,7-8,11,14-19H2,2H3/b6-3-,10-5-. The normalized spacial score (nSPS) is 21.7.